The minimum absolute atomic E-state index is 0.0151. The van der Waals surface area contributed by atoms with Crippen LogP contribution in [0.2, 0.25) is 0 Å². The van der Waals surface area contributed by atoms with Gasteiger partial charge in [0, 0.05) is 55.3 Å². The first-order valence-corrected chi connectivity index (χ1v) is 7.63. The van der Waals surface area contributed by atoms with Crippen molar-refractivity contribution in [2.45, 2.75) is 32.9 Å². The fraction of sp³-hybridized carbons (Fsp3) is 0.412. The Kier molecular flexibility index (Phi) is 3.98. The van der Waals surface area contributed by atoms with Crippen molar-refractivity contribution in [2.75, 3.05) is 13.1 Å². The number of aryl methyl sites for hydroxylation is 1. The minimum atomic E-state index is 0.0151. The van der Waals surface area contributed by atoms with E-state index in [9.17, 15) is 9.59 Å². The number of fused-ring (bicyclic) bond motifs is 1. The molecule has 1 amide bonds. The summed E-state index contributed by atoms with van der Waals surface area (Å²) in [5.41, 5.74) is 2.95. The zero-order chi connectivity index (χ0) is 15.7. The van der Waals surface area contributed by atoms with E-state index >= 15 is 0 Å². The molecule has 1 unspecified atom stereocenters. The maximum atomic E-state index is 12.2. The van der Waals surface area contributed by atoms with E-state index in [1.807, 2.05) is 25.1 Å². The van der Waals surface area contributed by atoms with Crippen molar-refractivity contribution in [2.24, 2.45) is 0 Å². The standard InChI is InChI=1S/C17H21N3O2/c1-11-3-4-16-15(7-11)17(22)8-14(19-16)10-20-6-5-13(9-20)18-12(2)21/h3-4,7-8,13H,5-6,9-10H2,1-2H3,(H,18,21)(H,19,22). The van der Waals surface area contributed by atoms with Gasteiger partial charge < -0.3 is 10.3 Å². The normalized spacial score (nSPS) is 18.7. The summed E-state index contributed by atoms with van der Waals surface area (Å²) in [6.07, 6.45) is 0.955. The van der Waals surface area contributed by atoms with Gasteiger partial charge in [-0.25, -0.2) is 0 Å². The third kappa shape index (κ3) is 3.20. The number of amides is 1. The van der Waals surface area contributed by atoms with Crippen LogP contribution in [-0.2, 0) is 11.3 Å². The first-order chi connectivity index (χ1) is 10.5. The Labute approximate surface area is 129 Å². The summed E-state index contributed by atoms with van der Waals surface area (Å²) in [5, 5.41) is 3.69. The lowest BCUT2D eigenvalue weighted by Crippen LogP contribution is -2.35. The maximum absolute atomic E-state index is 12.2. The number of pyridine rings is 1. The lowest BCUT2D eigenvalue weighted by molar-refractivity contribution is -0.119. The molecule has 116 valence electrons. The molecule has 1 aliphatic heterocycles. The van der Waals surface area contributed by atoms with Crippen LogP contribution >= 0.6 is 0 Å². The first kappa shape index (κ1) is 14.8. The Balaban J connectivity index is 1.76. The van der Waals surface area contributed by atoms with Gasteiger partial charge in [-0.3, -0.25) is 14.5 Å². The maximum Gasteiger partial charge on any atom is 0.217 e. The van der Waals surface area contributed by atoms with E-state index < -0.39 is 0 Å². The van der Waals surface area contributed by atoms with E-state index in [2.05, 4.69) is 15.2 Å². The Morgan fingerprint density at radius 3 is 3.00 bits per heavy atom. The van der Waals surface area contributed by atoms with Gasteiger partial charge in [0.05, 0.1) is 0 Å². The molecule has 0 radical (unpaired) electrons. The van der Waals surface area contributed by atoms with Crippen molar-refractivity contribution >= 4 is 16.8 Å². The molecule has 0 saturated carbocycles. The molecular formula is C17H21N3O2. The van der Waals surface area contributed by atoms with E-state index in [1.165, 1.54) is 0 Å². The zero-order valence-electron chi connectivity index (χ0n) is 13.0. The minimum Gasteiger partial charge on any atom is -0.357 e. The fourth-order valence-electron chi connectivity index (χ4n) is 3.12. The number of carbonyl (C=O) groups excluding carboxylic acids is 1. The summed E-state index contributed by atoms with van der Waals surface area (Å²) in [4.78, 5) is 29.0. The molecule has 3 rings (SSSR count). The SMILES string of the molecule is CC(=O)NC1CCN(Cc2cc(=O)c3cc(C)ccc3[nH]2)C1. The molecule has 1 aromatic heterocycles. The molecule has 1 fully saturated rings. The predicted octanol–water partition coefficient (Wildman–Crippen LogP) is 1.55. The van der Waals surface area contributed by atoms with Crippen molar-refractivity contribution in [1.82, 2.24) is 15.2 Å². The average Bonchev–Trinajstić information content (AvgIpc) is 2.86. The Hall–Kier alpha value is -2.14. The summed E-state index contributed by atoms with van der Waals surface area (Å²) >= 11 is 0. The van der Waals surface area contributed by atoms with E-state index in [-0.39, 0.29) is 17.4 Å². The van der Waals surface area contributed by atoms with Gasteiger partial charge in [0.25, 0.3) is 0 Å². The number of hydrogen-bond donors (Lipinski definition) is 2. The molecule has 5 nitrogen and oxygen atoms in total. The topological polar surface area (TPSA) is 65.2 Å². The molecule has 0 aliphatic carbocycles. The molecule has 5 heteroatoms. The number of aromatic amines is 1. The van der Waals surface area contributed by atoms with Crippen LogP contribution in [0.5, 0.6) is 0 Å². The predicted molar refractivity (Wildman–Crippen MR) is 86.8 cm³/mol. The molecule has 0 bridgehead atoms. The molecule has 1 aromatic carbocycles. The van der Waals surface area contributed by atoms with Crippen molar-refractivity contribution in [3.05, 3.63) is 45.7 Å². The van der Waals surface area contributed by atoms with Crippen LogP contribution < -0.4 is 10.7 Å². The molecule has 1 atom stereocenters. The van der Waals surface area contributed by atoms with Gasteiger partial charge in [0.2, 0.25) is 5.91 Å². The second-order valence-electron chi connectivity index (χ2n) is 6.13. The third-order valence-electron chi connectivity index (χ3n) is 4.11. The Morgan fingerprint density at radius 2 is 2.23 bits per heavy atom. The molecule has 1 saturated heterocycles. The third-order valence-corrected chi connectivity index (χ3v) is 4.11. The number of benzene rings is 1. The van der Waals surface area contributed by atoms with Crippen molar-refractivity contribution < 1.29 is 4.79 Å². The van der Waals surface area contributed by atoms with Gasteiger partial charge in [-0.2, -0.15) is 0 Å². The van der Waals surface area contributed by atoms with Crippen molar-refractivity contribution in [3.63, 3.8) is 0 Å². The highest BCUT2D eigenvalue weighted by atomic mass is 16.1. The van der Waals surface area contributed by atoms with Crippen LogP contribution in [0.4, 0.5) is 0 Å². The molecular weight excluding hydrogens is 278 g/mol. The number of nitrogens with one attached hydrogen (secondary N) is 2. The monoisotopic (exact) mass is 299 g/mol. The highest BCUT2D eigenvalue weighted by Gasteiger charge is 2.23. The first-order valence-electron chi connectivity index (χ1n) is 7.63. The van der Waals surface area contributed by atoms with Crippen LogP contribution in [0.15, 0.2) is 29.1 Å². The van der Waals surface area contributed by atoms with E-state index in [0.29, 0.717) is 6.54 Å². The van der Waals surface area contributed by atoms with Crippen LogP contribution in [0.25, 0.3) is 10.9 Å². The molecule has 22 heavy (non-hydrogen) atoms. The highest BCUT2D eigenvalue weighted by Crippen LogP contribution is 2.15. The summed E-state index contributed by atoms with van der Waals surface area (Å²) in [6.45, 7) is 5.99. The van der Waals surface area contributed by atoms with Crippen molar-refractivity contribution in [1.29, 1.82) is 0 Å². The van der Waals surface area contributed by atoms with E-state index in [4.69, 9.17) is 0 Å². The number of nitrogens with zero attached hydrogens (tertiary/aromatic N) is 1. The van der Waals surface area contributed by atoms with E-state index in [1.54, 1.807) is 13.0 Å². The van der Waals surface area contributed by atoms with E-state index in [0.717, 1.165) is 41.7 Å². The fourth-order valence-corrected chi connectivity index (χ4v) is 3.12. The number of carbonyl (C=O) groups is 1. The van der Waals surface area contributed by atoms with Gasteiger partial charge in [-0.1, -0.05) is 11.6 Å². The number of H-pyrrole nitrogens is 1. The summed E-state index contributed by atoms with van der Waals surface area (Å²) < 4.78 is 0. The lowest BCUT2D eigenvalue weighted by atomic mass is 10.1. The average molecular weight is 299 g/mol. The number of aromatic nitrogens is 1. The lowest BCUT2D eigenvalue weighted by Gasteiger charge is -2.16. The second kappa shape index (κ2) is 5.93. The second-order valence-corrected chi connectivity index (χ2v) is 6.13. The van der Waals surface area contributed by atoms with Crippen LogP contribution in [0.1, 0.15) is 24.6 Å². The Morgan fingerprint density at radius 1 is 1.41 bits per heavy atom. The molecule has 2 heterocycles. The Bertz CT molecular complexity index is 766. The summed E-state index contributed by atoms with van der Waals surface area (Å²) in [5.74, 6) is 0.0151. The largest absolute Gasteiger partial charge is 0.357 e. The van der Waals surface area contributed by atoms with Gasteiger partial charge >= 0.3 is 0 Å². The molecule has 2 N–H and O–H groups in total. The number of hydrogen-bond acceptors (Lipinski definition) is 3. The van der Waals surface area contributed by atoms with Gasteiger partial charge in [0.1, 0.15) is 0 Å². The van der Waals surface area contributed by atoms with Crippen molar-refractivity contribution in [3.8, 4) is 0 Å². The molecule has 2 aromatic rings. The quantitative estimate of drug-likeness (QED) is 0.903. The van der Waals surface area contributed by atoms with Crippen LogP contribution in [0, 0.1) is 6.92 Å². The summed E-state index contributed by atoms with van der Waals surface area (Å²) in [6, 6.07) is 7.78. The summed E-state index contributed by atoms with van der Waals surface area (Å²) in [7, 11) is 0. The van der Waals surface area contributed by atoms with Gasteiger partial charge in [-0.15, -0.1) is 0 Å². The van der Waals surface area contributed by atoms with Crippen LogP contribution in [-0.4, -0.2) is 34.9 Å². The van der Waals surface area contributed by atoms with Gasteiger partial charge in [0.15, 0.2) is 5.43 Å². The smallest absolute Gasteiger partial charge is 0.217 e. The number of likely N-dealkylation sites (tertiary alicyclic amines) is 1. The zero-order valence-corrected chi connectivity index (χ0v) is 13.0. The highest BCUT2D eigenvalue weighted by molar-refractivity contribution is 5.79. The molecule has 0 spiro atoms. The number of rotatable bonds is 3. The molecule has 1 aliphatic rings. The van der Waals surface area contributed by atoms with Gasteiger partial charge in [-0.05, 0) is 25.5 Å². The van der Waals surface area contributed by atoms with Crippen LogP contribution in [0.3, 0.4) is 0 Å².